The van der Waals surface area contributed by atoms with Crippen molar-refractivity contribution in [1.82, 2.24) is 19.7 Å². The molecule has 5 rings (SSSR count). The summed E-state index contributed by atoms with van der Waals surface area (Å²) >= 11 is 0. The second kappa shape index (κ2) is 9.41. The molecule has 0 bridgehead atoms. The summed E-state index contributed by atoms with van der Waals surface area (Å²) < 4.78 is 39.7. The molecule has 0 spiro atoms. The Kier molecular flexibility index (Phi) is 6.13. The zero-order valence-electron chi connectivity index (χ0n) is 19.1. The van der Waals surface area contributed by atoms with Crippen LogP contribution in [0.15, 0.2) is 79.1 Å². The summed E-state index contributed by atoms with van der Waals surface area (Å²) in [6.45, 7) is 0.385. The van der Waals surface area contributed by atoms with Crippen molar-refractivity contribution in [2.24, 2.45) is 0 Å². The first-order valence-electron chi connectivity index (χ1n) is 11.4. The molecule has 36 heavy (non-hydrogen) atoms. The highest BCUT2D eigenvalue weighted by atomic mass is 19.4. The number of rotatable bonds is 7. The molecule has 0 aliphatic carbocycles. The lowest BCUT2D eigenvalue weighted by molar-refractivity contribution is -0.137. The number of hydrogen-bond acceptors (Lipinski definition) is 4. The monoisotopic (exact) mass is 490 g/mol. The van der Waals surface area contributed by atoms with Crippen LogP contribution in [0.1, 0.15) is 44.7 Å². The van der Waals surface area contributed by atoms with Gasteiger partial charge in [0.25, 0.3) is 11.8 Å². The first-order valence-corrected chi connectivity index (χ1v) is 11.4. The van der Waals surface area contributed by atoms with Crippen LogP contribution in [0, 0.1) is 0 Å². The van der Waals surface area contributed by atoms with Crippen LogP contribution >= 0.6 is 0 Å². The molecule has 2 heterocycles. The molecule has 0 fully saturated rings. The summed E-state index contributed by atoms with van der Waals surface area (Å²) in [6, 6.07) is 19.3. The molecule has 9 heteroatoms. The number of nitrogens with zero attached hydrogens (tertiary/aromatic N) is 4. The van der Waals surface area contributed by atoms with Crippen LogP contribution in [0.4, 0.5) is 13.2 Å². The minimum atomic E-state index is -4.39. The quantitative estimate of drug-likeness (QED) is 0.251. The maximum Gasteiger partial charge on any atom is 0.416 e. The fraction of sp³-hybridized carbons (Fsp3) is 0.185. The highest BCUT2D eigenvalue weighted by molar-refractivity contribution is 6.21. The summed E-state index contributed by atoms with van der Waals surface area (Å²) in [5, 5.41) is 4.38. The van der Waals surface area contributed by atoms with Crippen molar-refractivity contribution in [3.8, 4) is 17.1 Å². The fourth-order valence-electron chi connectivity index (χ4n) is 4.18. The average molecular weight is 490 g/mol. The highest BCUT2D eigenvalue weighted by Gasteiger charge is 2.34. The molecule has 4 aromatic rings. The summed E-state index contributed by atoms with van der Waals surface area (Å²) in [7, 11) is 0. The van der Waals surface area contributed by atoms with Crippen LogP contribution in [0.2, 0.25) is 0 Å². The molecule has 2 amide bonds. The van der Waals surface area contributed by atoms with Gasteiger partial charge in [-0.15, -0.1) is 5.10 Å². The Bertz CT molecular complexity index is 1380. The molecule has 0 N–H and O–H groups in total. The second-order valence-electron chi connectivity index (χ2n) is 8.52. The molecular weight excluding hydrogens is 469 g/mol. The lowest BCUT2D eigenvalue weighted by Gasteiger charge is -2.13. The maximum atomic E-state index is 12.8. The number of unbranched alkanes of at least 4 members (excludes halogenated alkanes) is 1. The van der Waals surface area contributed by atoms with Crippen LogP contribution in [0.5, 0.6) is 0 Å². The highest BCUT2D eigenvalue weighted by Crippen LogP contribution is 2.29. The van der Waals surface area contributed by atoms with Gasteiger partial charge in [0.2, 0.25) is 0 Å². The zero-order chi connectivity index (χ0) is 25.3. The number of benzene rings is 3. The Morgan fingerprint density at radius 2 is 1.42 bits per heavy atom. The third-order valence-corrected chi connectivity index (χ3v) is 6.14. The van der Waals surface area contributed by atoms with Crippen LogP contribution in [0.3, 0.4) is 0 Å². The number of carbonyl (C=O) groups is 2. The lowest BCUT2D eigenvalue weighted by atomic mass is 10.1. The van der Waals surface area contributed by atoms with Gasteiger partial charge in [0.15, 0.2) is 5.82 Å². The number of carbonyl (C=O) groups excluding carboxylic acids is 2. The van der Waals surface area contributed by atoms with E-state index in [0.29, 0.717) is 35.6 Å². The van der Waals surface area contributed by atoms with Crippen LogP contribution in [0.25, 0.3) is 17.1 Å². The number of hydrogen-bond donors (Lipinski definition) is 0. The zero-order valence-corrected chi connectivity index (χ0v) is 19.1. The van der Waals surface area contributed by atoms with Gasteiger partial charge in [-0.05, 0) is 61.2 Å². The van der Waals surface area contributed by atoms with Crippen molar-refractivity contribution >= 4 is 11.8 Å². The van der Waals surface area contributed by atoms with Gasteiger partial charge in [0.1, 0.15) is 6.33 Å². The fourth-order valence-corrected chi connectivity index (χ4v) is 4.18. The molecular formula is C27H21F3N4O2. The van der Waals surface area contributed by atoms with E-state index in [1.165, 1.54) is 28.0 Å². The normalized spacial score (nSPS) is 13.4. The third kappa shape index (κ3) is 4.64. The van der Waals surface area contributed by atoms with Gasteiger partial charge in [-0.3, -0.25) is 14.5 Å². The predicted molar refractivity (Wildman–Crippen MR) is 127 cm³/mol. The van der Waals surface area contributed by atoms with Crippen LogP contribution < -0.4 is 0 Å². The number of amides is 2. The number of alkyl halides is 3. The van der Waals surface area contributed by atoms with Crippen molar-refractivity contribution in [1.29, 1.82) is 0 Å². The molecule has 0 atom stereocenters. The number of fused-ring (bicyclic) bond motifs is 1. The summed E-state index contributed by atoms with van der Waals surface area (Å²) in [5.41, 5.74) is 2.58. The van der Waals surface area contributed by atoms with E-state index in [1.54, 1.807) is 24.3 Å². The van der Waals surface area contributed by atoms with E-state index >= 15 is 0 Å². The topological polar surface area (TPSA) is 68.1 Å². The van der Waals surface area contributed by atoms with Crippen molar-refractivity contribution < 1.29 is 22.8 Å². The van der Waals surface area contributed by atoms with Gasteiger partial charge in [0.05, 0.1) is 22.4 Å². The van der Waals surface area contributed by atoms with Crippen LogP contribution in [-0.2, 0) is 12.6 Å². The number of aromatic nitrogens is 3. The Labute approximate surface area is 205 Å². The molecule has 182 valence electrons. The first-order chi connectivity index (χ1) is 17.3. The van der Waals surface area contributed by atoms with Crippen molar-refractivity contribution in [2.45, 2.75) is 25.4 Å². The summed E-state index contributed by atoms with van der Waals surface area (Å²) in [5.74, 6) is -0.00144. The molecule has 1 aromatic heterocycles. The molecule has 0 saturated carbocycles. The van der Waals surface area contributed by atoms with E-state index in [-0.39, 0.29) is 11.8 Å². The Balaban J connectivity index is 1.15. The molecule has 1 aliphatic rings. The number of aryl methyl sites for hydroxylation is 1. The molecule has 0 radical (unpaired) electrons. The maximum absolute atomic E-state index is 12.8. The Morgan fingerprint density at radius 1 is 0.778 bits per heavy atom. The van der Waals surface area contributed by atoms with E-state index in [2.05, 4.69) is 10.1 Å². The molecule has 0 saturated heterocycles. The Hall–Kier alpha value is -4.27. The third-order valence-electron chi connectivity index (χ3n) is 6.14. The largest absolute Gasteiger partial charge is 0.416 e. The Morgan fingerprint density at radius 3 is 2.03 bits per heavy atom. The minimum absolute atomic E-state index is 0.233. The van der Waals surface area contributed by atoms with Crippen LogP contribution in [-0.4, -0.2) is 38.0 Å². The van der Waals surface area contributed by atoms with Gasteiger partial charge in [0, 0.05) is 12.1 Å². The summed E-state index contributed by atoms with van der Waals surface area (Å²) in [6.07, 6.45) is -0.621. The summed E-state index contributed by atoms with van der Waals surface area (Å²) in [4.78, 5) is 30.5. The van der Waals surface area contributed by atoms with E-state index in [1.807, 2.05) is 24.3 Å². The number of halogens is 3. The molecule has 3 aromatic carbocycles. The van der Waals surface area contributed by atoms with Gasteiger partial charge < -0.3 is 0 Å². The smallest absolute Gasteiger partial charge is 0.274 e. The first kappa shape index (κ1) is 23.5. The van der Waals surface area contributed by atoms with Gasteiger partial charge in [-0.1, -0.05) is 36.4 Å². The van der Waals surface area contributed by atoms with E-state index in [4.69, 9.17) is 0 Å². The van der Waals surface area contributed by atoms with E-state index < -0.39 is 11.7 Å². The van der Waals surface area contributed by atoms with Crippen molar-refractivity contribution in [3.63, 3.8) is 0 Å². The van der Waals surface area contributed by atoms with Gasteiger partial charge in [-0.25, -0.2) is 9.67 Å². The van der Waals surface area contributed by atoms with Crippen molar-refractivity contribution in [2.75, 3.05) is 6.54 Å². The molecule has 0 unspecified atom stereocenters. The molecule has 1 aliphatic heterocycles. The predicted octanol–water partition coefficient (Wildman–Crippen LogP) is 5.57. The number of imide groups is 1. The van der Waals surface area contributed by atoms with Crippen molar-refractivity contribution in [3.05, 3.63) is 101 Å². The molecule has 6 nitrogen and oxygen atoms in total. The lowest BCUT2D eigenvalue weighted by Crippen LogP contribution is -2.30. The van der Waals surface area contributed by atoms with E-state index in [0.717, 1.165) is 36.1 Å². The second-order valence-corrected chi connectivity index (χ2v) is 8.52. The van der Waals surface area contributed by atoms with E-state index in [9.17, 15) is 22.8 Å². The van der Waals surface area contributed by atoms with Gasteiger partial charge >= 0.3 is 6.18 Å². The average Bonchev–Trinajstić information content (AvgIpc) is 3.46. The van der Waals surface area contributed by atoms with Gasteiger partial charge in [-0.2, -0.15) is 13.2 Å². The standard InChI is InChI=1S/C27H21F3N4O2/c28-27(29,30)20-12-14-21(15-13-20)34-17-31-24(32-34)19-10-8-18(9-11-19)5-3-4-16-33-25(35)22-6-1-2-7-23(22)26(33)36/h1-2,6-15,17H,3-5,16H2. The minimum Gasteiger partial charge on any atom is -0.274 e. The SMILES string of the molecule is O=C1c2ccccc2C(=O)N1CCCCc1ccc(-c2ncn(-c3ccc(C(F)(F)F)cc3)n2)cc1.